The number of benzene rings is 1. The Kier molecular flexibility index (Phi) is 4.86. The molecule has 0 saturated carbocycles. The average Bonchev–Trinajstić information content (AvgIpc) is 2.35. The number of ether oxygens (including phenoxy) is 1. The molecule has 0 bridgehead atoms. The van der Waals surface area contributed by atoms with E-state index in [-0.39, 0.29) is 16.9 Å². The van der Waals surface area contributed by atoms with Gasteiger partial charge in [-0.2, -0.15) is 0 Å². The molecule has 1 rings (SSSR count). The first-order chi connectivity index (χ1) is 8.83. The topological polar surface area (TPSA) is 102 Å². The number of nitrogens with two attached hydrogens (primary N) is 1. The quantitative estimate of drug-likeness (QED) is 0.260. The van der Waals surface area contributed by atoms with Crippen LogP contribution in [0, 0.1) is 20.9 Å². The third-order valence-electron chi connectivity index (χ3n) is 2.99. The number of nitro benzene ring substituents is 1. The van der Waals surface area contributed by atoms with Crippen LogP contribution in [0.15, 0.2) is 24.3 Å². The molecule has 1 aromatic rings. The van der Waals surface area contributed by atoms with E-state index in [1.165, 1.54) is 12.1 Å². The first kappa shape index (κ1) is 14.9. The van der Waals surface area contributed by atoms with Gasteiger partial charge in [0.05, 0.1) is 17.4 Å². The summed E-state index contributed by atoms with van der Waals surface area (Å²) in [4.78, 5) is 10.0. The van der Waals surface area contributed by atoms with E-state index in [0.29, 0.717) is 12.4 Å². The first-order valence-electron chi connectivity index (χ1n) is 6.05. The van der Waals surface area contributed by atoms with Crippen molar-refractivity contribution < 1.29 is 9.66 Å². The highest BCUT2D eigenvalue weighted by Gasteiger charge is 2.20. The number of rotatable bonds is 7. The number of amidine groups is 1. The summed E-state index contributed by atoms with van der Waals surface area (Å²) >= 11 is 0. The molecule has 0 radical (unpaired) electrons. The van der Waals surface area contributed by atoms with E-state index in [1.807, 2.05) is 13.8 Å². The zero-order valence-corrected chi connectivity index (χ0v) is 11.2. The van der Waals surface area contributed by atoms with Gasteiger partial charge in [-0.1, -0.05) is 13.8 Å². The lowest BCUT2D eigenvalue weighted by Crippen LogP contribution is -2.31. The van der Waals surface area contributed by atoms with Crippen LogP contribution in [0.3, 0.4) is 0 Å². The molecule has 6 nitrogen and oxygen atoms in total. The van der Waals surface area contributed by atoms with E-state index in [0.717, 1.165) is 12.8 Å². The lowest BCUT2D eigenvalue weighted by molar-refractivity contribution is -0.384. The largest absolute Gasteiger partial charge is 0.494 e. The normalized spacial score (nSPS) is 11.1. The monoisotopic (exact) mass is 265 g/mol. The van der Waals surface area contributed by atoms with Gasteiger partial charge in [0.15, 0.2) is 0 Å². The van der Waals surface area contributed by atoms with Gasteiger partial charge in [-0.05, 0) is 25.0 Å². The Balaban J connectivity index is 2.38. The van der Waals surface area contributed by atoms with Crippen LogP contribution in [0.1, 0.15) is 26.7 Å². The molecule has 104 valence electrons. The predicted octanol–water partition coefficient (Wildman–Crippen LogP) is 2.72. The Bertz CT molecular complexity index is 455. The second kappa shape index (κ2) is 6.17. The van der Waals surface area contributed by atoms with Crippen molar-refractivity contribution in [3.05, 3.63) is 34.4 Å². The van der Waals surface area contributed by atoms with Gasteiger partial charge in [0, 0.05) is 17.5 Å². The highest BCUT2D eigenvalue weighted by molar-refractivity contribution is 5.82. The van der Waals surface area contributed by atoms with Gasteiger partial charge >= 0.3 is 0 Å². The molecule has 0 unspecified atom stereocenters. The number of nitro groups is 1. The zero-order chi connectivity index (χ0) is 14.5. The van der Waals surface area contributed by atoms with Crippen LogP contribution in [0.2, 0.25) is 0 Å². The van der Waals surface area contributed by atoms with Crippen LogP contribution < -0.4 is 10.5 Å². The SMILES string of the molecule is CC(C)(CCCOc1ccc([N+](=O)[O-])cc1)C(=N)N. The van der Waals surface area contributed by atoms with Crippen molar-refractivity contribution in [3.8, 4) is 5.75 Å². The summed E-state index contributed by atoms with van der Waals surface area (Å²) in [5.74, 6) is 0.772. The Morgan fingerprint density at radius 2 is 2.00 bits per heavy atom. The Labute approximate surface area is 112 Å². The predicted molar refractivity (Wildman–Crippen MR) is 73.5 cm³/mol. The van der Waals surface area contributed by atoms with Crippen molar-refractivity contribution in [1.29, 1.82) is 5.41 Å². The molecule has 0 spiro atoms. The molecule has 0 aliphatic carbocycles. The second-order valence-electron chi connectivity index (χ2n) is 5.00. The maximum Gasteiger partial charge on any atom is 0.269 e. The van der Waals surface area contributed by atoms with Gasteiger partial charge in [-0.3, -0.25) is 15.5 Å². The van der Waals surface area contributed by atoms with E-state index < -0.39 is 4.92 Å². The van der Waals surface area contributed by atoms with Crippen molar-refractivity contribution in [2.24, 2.45) is 11.1 Å². The number of non-ortho nitro benzene ring substituents is 1. The zero-order valence-electron chi connectivity index (χ0n) is 11.2. The third kappa shape index (κ3) is 4.57. The maximum absolute atomic E-state index is 10.5. The van der Waals surface area contributed by atoms with E-state index in [1.54, 1.807) is 12.1 Å². The third-order valence-corrected chi connectivity index (χ3v) is 2.99. The van der Waals surface area contributed by atoms with Crippen molar-refractivity contribution in [1.82, 2.24) is 0 Å². The Morgan fingerprint density at radius 1 is 1.42 bits per heavy atom. The van der Waals surface area contributed by atoms with Crippen molar-refractivity contribution in [3.63, 3.8) is 0 Å². The molecule has 19 heavy (non-hydrogen) atoms. The molecule has 6 heteroatoms. The number of hydrogen-bond acceptors (Lipinski definition) is 4. The van der Waals surface area contributed by atoms with Gasteiger partial charge in [-0.15, -0.1) is 0 Å². The van der Waals surface area contributed by atoms with Crippen LogP contribution in [0.25, 0.3) is 0 Å². The van der Waals surface area contributed by atoms with Crippen molar-refractivity contribution in [2.75, 3.05) is 6.61 Å². The summed E-state index contributed by atoms with van der Waals surface area (Å²) in [5, 5.41) is 17.9. The highest BCUT2D eigenvalue weighted by atomic mass is 16.6. The molecule has 0 saturated heterocycles. The molecule has 1 aromatic carbocycles. The van der Waals surface area contributed by atoms with Gasteiger partial charge < -0.3 is 10.5 Å². The van der Waals surface area contributed by atoms with Gasteiger partial charge in [0.1, 0.15) is 5.75 Å². The van der Waals surface area contributed by atoms with Crippen LogP contribution in [0.5, 0.6) is 5.75 Å². The van der Waals surface area contributed by atoms with Gasteiger partial charge in [-0.25, -0.2) is 0 Å². The average molecular weight is 265 g/mol. The minimum absolute atomic E-state index is 0.0464. The fourth-order valence-electron chi connectivity index (χ4n) is 1.50. The summed E-state index contributed by atoms with van der Waals surface area (Å²) in [6, 6.07) is 5.98. The van der Waals surface area contributed by atoms with E-state index in [4.69, 9.17) is 15.9 Å². The molecular weight excluding hydrogens is 246 g/mol. The molecule has 0 amide bonds. The summed E-state index contributed by atoms with van der Waals surface area (Å²) in [6.07, 6.45) is 1.53. The fourth-order valence-corrected chi connectivity index (χ4v) is 1.50. The van der Waals surface area contributed by atoms with Crippen molar-refractivity contribution in [2.45, 2.75) is 26.7 Å². The lowest BCUT2D eigenvalue weighted by atomic mass is 9.87. The lowest BCUT2D eigenvalue weighted by Gasteiger charge is -2.22. The van der Waals surface area contributed by atoms with E-state index in [9.17, 15) is 10.1 Å². The minimum Gasteiger partial charge on any atom is -0.494 e. The first-order valence-corrected chi connectivity index (χ1v) is 6.05. The molecular formula is C13H19N3O3. The highest BCUT2D eigenvalue weighted by Crippen LogP contribution is 2.22. The number of nitrogens with zero attached hydrogens (tertiary/aromatic N) is 1. The Hall–Kier alpha value is -2.11. The maximum atomic E-state index is 10.5. The molecule has 3 N–H and O–H groups in total. The van der Waals surface area contributed by atoms with Crippen LogP contribution in [-0.2, 0) is 0 Å². The summed E-state index contributed by atoms with van der Waals surface area (Å²) in [6.45, 7) is 4.33. The van der Waals surface area contributed by atoms with E-state index >= 15 is 0 Å². The van der Waals surface area contributed by atoms with E-state index in [2.05, 4.69) is 0 Å². The molecule has 0 aliphatic rings. The molecule has 0 atom stereocenters. The number of hydrogen-bond donors (Lipinski definition) is 2. The van der Waals surface area contributed by atoms with Crippen LogP contribution in [-0.4, -0.2) is 17.4 Å². The van der Waals surface area contributed by atoms with Crippen molar-refractivity contribution >= 4 is 11.5 Å². The van der Waals surface area contributed by atoms with Crippen LogP contribution in [0.4, 0.5) is 5.69 Å². The minimum atomic E-state index is -0.445. The molecule has 0 aliphatic heterocycles. The summed E-state index contributed by atoms with van der Waals surface area (Å²) in [5.41, 5.74) is 5.21. The molecule has 0 aromatic heterocycles. The Morgan fingerprint density at radius 3 is 2.47 bits per heavy atom. The van der Waals surface area contributed by atoms with Gasteiger partial charge in [0.25, 0.3) is 5.69 Å². The summed E-state index contributed by atoms with van der Waals surface area (Å²) in [7, 11) is 0. The number of nitrogens with one attached hydrogen (secondary N) is 1. The second-order valence-corrected chi connectivity index (χ2v) is 5.00. The standard InChI is InChI=1S/C13H19N3O3/c1-13(2,12(14)15)8-3-9-19-11-6-4-10(5-7-11)16(17)18/h4-7H,3,8-9H2,1-2H3,(H3,14,15). The molecule has 0 heterocycles. The van der Waals surface area contributed by atoms with Gasteiger partial charge in [0.2, 0.25) is 0 Å². The molecule has 0 fully saturated rings. The fraction of sp³-hybridized carbons (Fsp3) is 0.462. The van der Waals surface area contributed by atoms with Crippen LogP contribution >= 0.6 is 0 Å². The smallest absolute Gasteiger partial charge is 0.269 e. The summed E-state index contributed by atoms with van der Waals surface area (Å²) < 4.78 is 5.48.